The molecule has 0 aliphatic heterocycles. The second-order valence-electron chi connectivity index (χ2n) is 5.31. The minimum atomic E-state index is -3.56. The van der Waals surface area contributed by atoms with Crippen LogP contribution in [0.2, 0.25) is 0 Å². The second-order valence-corrected chi connectivity index (χ2v) is 7.08. The van der Waals surface area contributed by atoms with E-state index in [1.165, 1.54) is 12.4 Å². The Bertz CT molecular complexity index is 525. The van der Waals surface area contributed by atoms with Crippen LogP contribution in [0.4, 0.5) is 0 Å². The highest BCUT2D eigenvalue weighted by Gasteiger charge is 2.23. The molecule has 122 valence electrons. The highest BCUT2D eigenvalue weighted by molar-refractivity contribution is 7.89. The summed E-state index contributed by atoms with van der Waals surface area (Å²) < 4.78 is 34.0. The quantitative estimate of drug-likeness (QED) is 0.617. The molecule has 0 aromatic carbocycles. The second kappa shape index (κ2) is 7.88. The van der Waals surface area contributed by atoms with Crippen LogP contribution in [-0.4, -0.2) is 50.0 Å². The third-order valence-corrected chi connectivity index (χ3v) is 4.27. The summed E-state index contributed by atoms with van der Waals surface area (Å²) in [4.78, 5) is 0.172. The van der Waals surface area contributed by atoms with E-state index >= 15 is 0 Å². The standard InChI is InChI=1S/C13H26N4O3S/c1-5-14-7-8-17-10-12(9-15-17)21(18,19)16-11-13(3,4)20-6-2/h9-10,14,16H,5-8,11H2,1-4H3. The van der Waals surface area contributed by atoms with Crippen molar-refractivity contribution < 1.29 is 13.2 Å². The molecule has 0 bridgehead atoms. The Morgan fingerprint density at radius 1 is 1.38 bits per heavy atom. The number of sulfonamides is 1. The van der Waals surface area contributed by atoms with Gasteiger partial charge in [0.25, 0.3) is 0 Å². The van der Waals surface area contributed by atoms with Crippen LogP contribution in [0.5, 0.6) is 0 Å². The molecule has 0 aliphatic carbocycles. The summed E-state index contributed by atoms with van der Waals surface area (Å²) in [6.45, 7) is 10.6. The first kappa shape index (κ1) is 18.1. The SMILES string of the molecule is CCNCCn1cc(S(=O)(=O)NCC(C)(C)OCC)cn1. The van der Waals surface area contributed by atoms with Gasteiger partial charge in [-0.1, -0.05) is 6.92 Å². The van der Waals surface area contributed by atoms with Crippen molar-refractivity contribution in [1.82, 2.24) is 19.8 Å². The van der Waals surface area contributed by atoms with Gasteiger partial charge in [0.1, 0.15) is 4.90 Å². The zero-order valence-corrected chi connectivity index (χ0v) is 14.0. The van der Waals surface area contributed by atoms with Crippen molar-refractivity contribution >= 4 is 10.0 Å². The van der Waals surface area contributed by atoms with Crippen LogP contribution in [0.1, 0.15) is 27.7 Å². The van der Waals surface area contributed by atoms with Gasteiger partial charge >= 0.3 is 0 Å². The largest absolute Gasteiger partial charge is 0.375 e. The van der Waals surface area contributed by atoms with Crippen LogP contribution in [0.25, 0.3) is 0 Å². The van der Waals surface area contributed by atoms with Crippen molar-refractivity contribution in [1.29, 1.82) is 0 Å². The van der Waals surface area contributed by atoms with Gasteiger partial charge in [-0.2, -0.15) is 5.10 Å². The zero-order valence-electron chi connectivity index (χ0n) is 13.2. The Kier molecular flexibility index (Phi) is 6.79. The van der Waals surface area contributed by atoms with Crippen LogP contribution in [0.3, 0.4) is 0 Å². The molecule has 7 nitrogen and oxygen atoms in total. The third kappa shape index (κ3) is 6.13. The van der Waals surface area contributed by atoms with Crippen LogP contribution < -0.4 is 10.0 Å². The summed E-state index contributed by atoms with van der Waals surface area (Å²) in [6, 6.07) is 0. The van der Waals surface area contributed by atoms with Crippen molar-refractivity contribution in [3.8, 4) is 0 Å². The predicted octanol–water partition coefficient (Wildman–Crippen LogP) is 0.586. The van der Waals surface area contributed by atoms with Crippen molar-refractivity contribution in [2.75, 3.05) is 26.2 Å². The van der Waals surface area contributed by atoms with Crippen molar-refractivity contribution in [3.63, 3.8) is 0 Å². The first-order valence-electron chi connectivity index (χ1n) is 7.17. The Morgan fingerprint density at radius 2 is 2.10 bits per heavy atom. The van der Waals surface area contributed by atoms with Gasteiger partial charge in [-0.15, -0.1) is 0 Å². The van der Waals surface area contributed by atoms with E-state index in [4.69, 9.17) is 4.74 Å². The molecule has 1 aromatic rings. The van der Waals surface area contributed by atoms with Crippen molar-refractivity contribution in [2.24, 2.45) is 0 Å². The lowest BCUT2D eigenvalue weighted by molar-refractivity contribution is -0.00515. The maximum absolute atomic E-state index is 12.2. The van der Waals surface area contributed by atoms with Gasteiger partial charge in [0.2, 0.25) is 10.0 Å². The third-order valence-electron chi connectivity index (χ3n) is 2.91. The topological polar surface area (TPSA) is 85.2 Å². The molecule has 0 amide bonds. The van der Waals surface area contributed by atoms with Gasteiger partial charge < -0.3 is 10.1 Å². The predicted molar refractivity (Wildman–Crippen MR) is 81.7 cm³/mol. The van der Waals surface area contributed by atoms with Crippen molar-refractivity contribution in [3.05, 3.63) is 12.4 Å². The monoisotopic (exact) mass is 318 g/mol. The Labute approximate surface area is 127 Å². The summed E-state index contributed by atoms with van der Waals surface area (Å²) in [5, 5.41) is 7.22. The molecule has 1 rings (SSSR count). The lowest BCUT2D eigenvalue weighted by atomic mass is 10.1. The molecule has 8 heteroatoms. The van der Waals surface area contributed by atoms with E-state index in [9.17, 15) is 8.42 Å². The highest BCUT2D eigenvalue weighted by atomic mass is 32.2. The Balaban J connectivity index is 2.62. The average Bonchev–Trinajstić information content (AvgIpc) is 2.87. The molecular weight excluding hydrogens is 292 g/mol. The number of aromatic nitrogens is 2. The number of hydrogen-bond donors (Lipinski definition) is 2. The van der Waals surface area contributed by atoms with E-state index in [1.807, 2.05) is 27.7 Å². The summed E-state index contributed by atoms with van der Waals surface area (Å²) >= 11 is 0. The van der Waals surface area contributed by atoms with Gasteiger partial charge in [-0.3, -0.25) is 4.68 Å². The maximum Gasteiger partial charge on any atom is 0.243 e. The molecule has 1 aromatic heterocycles. The van der Waals surface area contributed by atoms with E-state index in [0.29, 0.717) is 13.2 Å². The minimum Gasteiger partial charge on any atom is -0.375 e. The number of hydrogen-bond acceptors (Lipinski definition) is 5. The molecule has 0 radical (unpaired) electrons. The fourth-order valence-electron chi connectivity index (χ4n) is 1.77. The lowest BCUT2D eigenvalue weighted by Crippen LogP contribution is -2.40. The molecule has 0 aliphatic rings. The first-order valence-corrected chi connectivity index (χ1v) is 8.66. The van der Waals surface area contributed by atoms with Gasteiger partial charge in [-0.05, 0) is 27.3 Å². The summed E-state index contributed by atoms with van der Waals surface area (Å²) in [5.41, 5.74) is -0.539. The van der Waals surface area contributed by atoms with E-state index < -0.39 is 15.6 Å². The molecule has 0 saturated carbocycles. The van der Waals surface area contributed by atoms with Crippen LogP contribution in [-0.2, 0) is 21.3 Å². The number of likely N-dealkylation sites (N-methyl/N-ethyl adjacent to an activating group) is 1. The van der Waals surface area contributed by atoms with E-state index in [0.717, 1.165) is 13.1 Å². The fraction of sp³-hybridized carbons (Fsp3) is 0.769. The normalized spacial score (nSPS) is 12.8. The van der Waals surface area contributed by atoms with E-state index in [1.54, 1.807) is 4.68 Å². The first-order chi connectivity index (χ1) is 9.80. The molecule has 0 atom stereocenters. The number of ether oxygens (including phenoxy) is 1. The molecule has 1 heterocycles. The van der Waals surface area contributed by atoms with Crippen LogP contribution in [0, 0.1) is 0 Å². The fourth-order valence-corrected chi connectivity index (χ4v) is 2.92. The van der Waals surface area contributed by atoms with Gasteiger partial charge in [-0.25, -0.2) is 13.1 Å². The minimum absolute atomic E-state index is 0.172. The Morgan fingerprint density at radius 3 is 2.71 bits per heavy atom. The zero-order chi connectivity index (χ0) is 15.9. The summed E-state index contributed by atoms with van der Waals surface area (Å²) in [6.07, 6.45) is 2.90. The summed E-state index contributed by atoms with van der Waals surface area (Å²) in [7, 11) is -3.56. The molecule has 0 unspecified atom stereocenters. The lowest BCUT2D eigenvalue weighted by Gasteiger charge is -2.24. The molecule has 21 heavy (non-hydrogen) atoms. The number of nitrogens with zero attached hydrogens (tertiary/aromatic N) is 2. The van der Waals surface area contributed by atoms with Gasteiger partial charge in [0.05, 0.1) is 18.3 Å². The Hall–Kier alpha value is -0.960. The van der Waals surface area contributed by atoms with Gasteiger partial charge in [0, 0.05) is 25.9 Å². The van der Waals surface area contributed by atoms with E-state index in [2.05, 4.69) is 15.1 Å². The van der Waals surface area contributed by atoms with Crippen LogP contribution in [0.15, 0.2) is 17.3 Å². The average molecular weight is 318 g/mol. The molecule has 2 N–H and O–H groups in total. The van der Waals surface area contributed by atoms with E-state index in [-0.39, 0.29) is 11.4 Å². The molecule has 0 fully saturated rings. The smallest absolute Gasteiger partial charge is 0.243 e. The van der Waals surface area contributed by atoms with Crippen LogP contribution >= 0.6 is 0 Å². The molecule has 0 spiro atoms. The molecule has 0 saturated heterocycles. The maximum atomic E-state index is 12.2. The highest BCUT2D eigenvalue weighted by Crippen LogP contribution is 2.11. The van der Waals surface area contributed by atoms with Crippen molar-refractivity contribution in [2.45, 2.75) is 44.7 Å². The number of nitrogens with one attached hydrogen (secondary N) is 2. The summed E-state index contributed by atoms with van der Waals surface area (Å²) in [5.74, 6) is 0. The van der Waals surface area contributed by atoms with Gasteiger partial charge in [0.15, 0.2) is 0 Å². The number of rotatable bonds is 10. The molecular formula is C13H26N4O3S.